The second-order valence-corrected chi connectivity index (χ2v) is 5.32. The molecule has 0 unspecified atom stereocenters. The van der Waals surface area contributed by atoms with E-state index >= 15 is 0 Å². The maximum Gasteiger partial charge on any atom is 0.341 e. The lowest BCUT2D eigenvalue weighted by Gasteiger charge is -2.05. The number of hydrogen-bond donors (Lipinski definition) is 0. The Morgan fingerprint density at radius 3 is 2.73 bits per heavy atom. The van der Waals surface area contributed by atoms with Gasteiger partial charge in [0, 0.05) is 12.6 Å². The topological polar surface area (TPSA) is 56.5 Å². The number of esters is 1. The molecule has 0 aliphatic heterocycles. The van der Waals surface area contributed by atoms with Crippen molar-refractivity contribution in [3.8, 4) is 0 Å². The Bertz CT molecular complexity index is 852. The highest BCUT2D eigenvalue weighted by molar-refractivity contribution is 5.95. The molecule has 2 aromatic heterocycles. The molecule has 22 heavy (non-hydrogen) atoms. The molecule has 112 valence electrons. The van der Waals surface area contributed by atoms with Crippen molar-refractivity contribution >= 4 is 11.6 Å². The first-order chi connectivity index (χ1) is 10.6. The number of fused-ring (bicyclic) bond motifs is 1. The van der Waals surface area contributed by atoms with Crippen LogP contribution in [0, 0.1) is 13.8 Å². The summed E-state index contributed by atoms with van der Waals surface area (Å²) in [6, 6.07) is 9.84. The SMILES string of the molecule is COC(=O)c1cccn2c(Cc3ccc(C)c(C)c3)nnc12. The van der Waals surface area contributed by atoms with E-state index in [-0.39, 0.29) is 0 Å². The van der Waals surface area contributed by atoms with Crippen LogP contribution in [-0.2, 0) is 11.2 Å². The molecule has 3 aromatic rings. The van der Waals surface area contributed by atoms with Gasteiger partial charge in [-0.15, -0.1) is 10.2 Å². The van der Waals surface area contributed by atoms with Crippen LogP contribution >= 0.6 is 0 Å². The van der Waals surface area contributed by atoms with E-state index in [1.807, 2.05) is 10.6 Å². The standard InChI is InChI=1S/C17H17N3O2/c1-11-6-7-13(9-12(11)2)10-15-18-19-16-14(17(21)22-3)5-4-8-20(15)16/h4-9H,10H2,1-3H3. The number of carbonyl (C=O) groups excluding carboxylic acids is 1. The van der Waals surface area contributed by atoms with Gasteiger partial charge >= 0.3 is 5.97 Å². The molecule has 0 bridgehead atoms. The van der Waals surface area contributed by atoms with Crippen molar-refractivity contribution in [1.29, 1.82) is 0 Å². The highest BCUT2D eigenvalue weighted by Crippen LogP contribution is 2.16. The Morgan fingerprint density at radius 2 is 2.00 bits per heavy atom. The van der Waals surface area contributed by atoms with Crippen molar-refractivity contribution in [2.45, 2.75) is 20.3 Å². The number of ether oxygens (including phenoxy) is 1. The first-order valence-electron chi connectivity index (χ1n) is 7.07. The average Bonchev–Trinajstić information content (AvgIpc) is 2.93. The molecule has 0 fully saturated rings. The molecule has 5 heteroatoms. The molecule has 0 radical (unpaired) electrons. The molecule has 0 saturated heterocycles. The molecule has 0 amide bonds. The van der Waals surface area contributed by atoms with E-state index in [0.717, 1.165) is 5.82 Å². The highest BCUT2D eigenvalue weighted by Gasteiger charge is 2.15. The zero-order valence-corrected chi connectivity index (χ0v) is 12.8. The fourth-order valence-electron chi connectivity index (χ4n) is 2.45. The summed E-state index contributed by atoms with van der Waals surface area (Å²) in [6.07, 6.45) is 2.52. The Balaban J connectivity index is 2.01. The van der Waals surface area contributed by atoms with Crippen LogP contribution in [-0.4, -0.2) is 27.7 Å². The van der Waals surface area contributed by atoms with Crippen LogP contribution in [0.3, 0.4) is 0 Å². The zero-order chi connectivity index (χ0) is 15.7. The van der Waals surface area contributed by atoms with Gasteiger partial charge < -0.3 is 4.74 Å². The molecule has 2 heterocycles. The van der Waals surface area contributed by atoms with Crippen LogP contribution in [0.25, 0.3) is 5.65 Å². The predicted octanol–water partition coefficient (Wildman–Crippen LogP) is 2.72. The van der Waals surface area contributed by atoms with Crippen molar-refractivity contribution in [2.75, 3.05) is 7.11 Å². The fourth-order valence-corrected chi connectivity index (χ4v) is 2.45. The number of aryl methyl sites for hydroxylation is 2. The lowest BCUT2D eigenvalue weighted by molar-refractivity contribution is 0.0602. The molecule has 0 aliphatic carbocycles. The Hall–Kier alpha value is -2.69. The van der Waals surface area contributed by atoms with Gasteiger partial charge in [-0.25, -0.2) is 4.79 Å². The smallest absolute Gasteiger partial charge is 0.341 e. The first-order valence-corrected chi connectivity index (χ1v) is 7.07. The lowest BCUT2D eigenvalue weighted by Crippen LogP contribution is -2.05. The van der Waals surface area contributed by atoms with E-state index in [2.05, 4.69) is 42.2 Å². The second-order valence-electron chi connectivity index (χ2n) is 5.32. The van der Waals surface area contributed by atoms with E-state index in [9.17, 15) is 4.79 Å². The van der Waals surface area contributed by atoms with Gasteiger partial charge in [0.25, 0.3) is 0 Å². The second kappa shape index (κ2) is 5.60. The molecule has 0 aliphatic rings. The van der Waals surface area contributed by atoms with Crippen LogP contribution in [0.5, 0.6) is 0 Å². The fraction of sp³-hybridized carbons (Fsp3) is 0.235. The molecule has 3 rings (SSSR count). The highest BCUT2D eigenvalue weighted by atomic mass is 16.5. The van der Waals surface area contributed by atoms with Gasteiger partial charge in [0.1, 0.15) is 11.4 Å². The van der Waals surface area contributed by atoms with Crippen molar-refractivity contribution < 1.29 is 9.53 Å². The maximum absolute atomic E-state index is 11.8. The first kappa shape index (κ1) is 14.3. The summed E-state index contributed by atoms with van der Waals surface area (Å²) in [5, 5.41) is 8.36. The van der Waals surface area contributed by atoms with Crippen LogP contribution < -0.4 is 0 Å². The normalized spacial score (nSPS) is 10.9. The molecule has 1 aromatic carbocycles. The lowest BCUT2D eigenvalue weighted by atomic mass is 10.0. The van der Waals surface area contributed by atoms with E-state index in [1.165, 1.54) is 23.8 Å². The minimum absolute atomic E-state index is 0.407. The van der Waals surface area contributed by atoms with E-state index in [1.54, 1.807) is 12.1 Å². The van der Waals surface area contributed by atoms with Crippen molar-refractivity contribution in [2.24, 2.45) is 0 Å². The summed E-state index contributed by atoms with van der Waals surface area (Å²) in [4.78, 5) is 11.8. The molecular formula is C17H17N3O2. The van der Waals surface area contributed by atoms with Gasteiger partial charge in [-0.05, 0) is 42.7 Å². The van der Waals surface area contributed by atoms with E-state index in [4.69, 9.17) is 4.74 Å². The van der Waals surface area contributed by atoms with E-state index in [0.29, 0.717) is 17.6 Å². The van der Waals surface area contributed by atoms with Crippen molar-refractivity contribution in [1.82, 2.24) is 14.6 Å². The largest absolute Gasteiger partial charge is 0.465 e. The van der Waals surface area contributed by atoms with Gasteiger partial charge in [0.15, 0.2) is 5.65 Å². The molecule has 0 saturated carbocycles. The molecule has 5 nitrogen and oxygen atoms in total. The number of methoxy groups -OCH3 is 1. The van der Waals surface area contributed by atoms with E-state index < -0.39 is 5.97 Å². The third kappa shape index (κ3) is 2.45. The number of pyridine rings is 1. The van der Waals surface area contributed by atoms with Crippen LogP contribution in [0.4, 0.5) is 0 Å². The average molecular weight is 295 g/mol. The monoisotopic (exact) mass is 295 g/mol. The number of hydrogen-bond acceptors (Lipinski definition) is 4. The van der Waals surface area contributed by atoms with Gasteiger partial charge in [0.05, 0.1) is 7.11 Å². The van der Waals surface area contributed by atoms with Crippen LogP contribution in [0.15, 0.2) is 36.5 Å². The third-order valence-electron chi connectivity index (χ3n) is 3.84. The molecule has 0 spiro atoms. The van der Waals surface area contributed by atoms with Gasteiger partial charge in [0.2, 0.25) is 0 Å². The minimum atomic E-state index is -0.407. The number of benzene rings is 1. The Kier molecular flexibility index (Phi) is 3.63. The quantitative estimate of drug-likeness (QED) is 0.697. The number of aromatic nitrogens is 3. The summed E-state index contributed by atoms with van der Waals surface area (Å²) < 4.78 is 6.62. The molecule has 0 N–H and O–H groups in total. The van der Waals surface area contributed by atoms with Crippen LogP contribution in [0.1, 0.15) is 32.9 Å². The van der Waals surface area contributed by atoms with Gasteiger partial charge in [-0.2, -0.15) is 0 Å². The van der Waals surface area contributed by atoms with Crippen LogP contribution in [0.2, 0.25) is 0 Å². The van der Waals surface area contributed by atoms with Crippen molar-refractivity contribution in [3.05, 3.63) is 64.6 Å². The van der Waals surface area contributed by atoms with Gasteiger partial charge in [-0.3, -0.25) is 4.40 Å². The maximum atomic E-state index is 11.8. The summed E-state index contributed by atoms with van der Waals surface area (Å²) in [5.74, 6) is 0.389. The number of nitrogens with zero attached hydrogens (tertiary/aromatic N) is 3. The molecular weight excluding hydrogens is 278 g/mol. The summed E-state index contributed by atoms with van der Waals surface area (Å²) in [5.41, 5.74) is 4.63. The summed E-state index contributed by atoms with van der Waals surface area (Å²) in [6.45, 7) is 4.18. The van der Waals surface area contributed by atoms with Crippen molar-refractivity contribution in [3.63, 3.8) is 0 Å². The third-order valence-corrected chi connectivity index (χ3v) is 3.84. The van der Waals surface area contributed by atoms with Gasteiger partial charge in [-0.1, -0.05) is 18.2 Å². The summed E-state index contributed by atoms with van der Waals surface area (Å²) in [7, 11) is 1.36. The summed E-state index contributed by atoms with van der Waals surface area (Å²) >= 11 is 0. The molecule has 0 atom stereocenters. The Labute approximate surface area is 128 Å². The number of carbonyl (C=O) groups is 1. The Morgan fingerprint density at radius 1 is 1.18 bits per heavy atom. The predicted molar refractivity (Wildman–Crippen MR) is 83.0 cm³/mol. The zero-order valence-electron chi connectivity index (χ0n) is 12.8. The number of rotatable bonds is 3. The minimum Gasteiger partial charge on any atom is -0.465 e.